The molecule has 3 rings (SSSR count). The first-order valence-electron chi connectivity index (χ1n) is 11.7. The monoisotopic (exact) mass is 547 g/mol. The summed E-state index contributed by atoms with van der Waals surface area (Å²) in [4.78, 5) is 26.5. The SMILES string of the molecule is C=CCOc1ccc(Br)cc1/C=N\NC(=O)[C@@H](NC(=O)C(c1ccccc1)c1ccccc1)C(C)C. The van der Waals surface area contributed by atoms with Crippen LogP contribution >= 0.6 is 15.9 Å². The van der Waals surface area contributed by atoms with Gasteiger partial charge in [-0.1, -0.05) is 103 Å². The van der Waals surface area contributed by atoms with E-state index in [0.29, 0.717) is 17.9 Å². The predicted octanol–water partition coefficient (Wildman–Crippen LogP) is 5.44. The molecule has 2 amide bonds. The number of carbonyl (C=O) groups is 2. The van der Waals surface area contributed by atoms with Gasteiger partial charge in [-0.25, -0.2) is 5.43 Å². The molecular formula is C29H30BrN3O3. The van der Waals surface area contributed by atoms with E-state index < -0.39 is 17.9 Å². The van der Waals surface area contributed by atoms with Crippen LogP contribution in [-0.4, -0.2) is 30.7 Å². The number of hydrazone groups is 1. The van der Waals surface area contributed by atoms with Gasteiger partial charge in [-0.3, -0.25) is 9.59 Å². The molecule has 0 radical (unpaired) electrons. The zero-order valence-corrected chi connectivity index (χ0v) is 21.9. The van der Waals surface area contributed by atoms with Crippen molar-refractivity contribution in [3.8, 4) is 5.75 Å². The zero-order chi connectivity index (χ0) is 25.9. The highest BCUT2D eigenvalue weighted by atomic mass is 79.9. The van der Waals surface area contributed by atoms with Crippen LogP contribution in [-0.2, 0) is 9.59 Å². The van der Waals surface area contributed by atoms with E-state index in [1.54, 1.807) is 12.1 Å². The van der Waals surface area contributed by atoms with Gasteiger partial charge >= 0.3 is 0 Å². The summed E-state index contributed by atoms with van der Waals surface area (Å²) in [5.74, 6) is -0.751. The lowest BCUT2D eigenvalue weighted by molar-refractivity contribution is -0.130. The molecule has 0 fully saturated rings. The highest BCUT2D eigenvalue weighted by Gasteiger charge is 2.29. The van der Waals surface area contributed by atoms with Gasteiger partial charge < -0.3 is 10.1 Å². The van der Waals surface area contributed by atoms with E-state index in [0.717, 1.165) is 15.6 Å². The van der Waals surface area contributed by atoms with Gasteiger partial charge in [-0.15, -0.1) is 0 Å². The van der Waals surface area contributed by atoms with Crippen LogP contribution in [0.2, 0.25) is 0 Å². The Morgan fingerprint density at radius 2 is 1.58 bits per heavy atom. The van der Waals surface area contributed by atoms with Crippen LogP contribution in [0.5, 0.6) is 5.75 Å². The van der Waals surface area contributed by atoms with Crippen LogP contribution in [0.25, 0.3) is 0 Å². The summed E-state index contributed by atoms with van der Waals surface area (Å²) in [6.07, 6.45) is 3.16. The molecule has 0 aromatic heterocycles. The molecule has 2 N–H and O–H groups in total. The molecule has 0 saturated carbocycles. The number of rotatable bonds is 11. The molecule has 0 saturated heterocycles. The van der Waals surface area contributed by atoms with Crippen molar-refractivity contribution in [1.82, 2.24) is 10.7 Å². The number of halogens is 1. The van der Waals surface area contributed by atoms with Crippen molar-refractivity contribution in [2.24, 2.45) is 11.0 Å². The second-order valence-electron chi connectivity index (χ2n) is 8.50. The van der Waals surface area contributed by atoms with Crippen molar-refractivity contribution < 1.29 is 14.3 Å². The lowest BCUT2D eigenvalue weighted by Crippen LogP contribution is -2.50. The summed E-state index contributed by atoms with van der Waals surface area (Å²) in [5.41, 5.74) is 4.95. The highest BCUT2D eigenvalue weighted by molar-refractivity contribution is 9.10. The van der Waals surface area contributed by atoms with Crippen LogP contribution < -0.4 is 15.5 Å². The summed E-state index contributed by atoms with van der Waals surface area (Å²) in [5, 5.41) is 7.06. The number of benzene rings is 3. The molecule has 186 valence electrons. The Labute approximate surface area is 220 Å². The molecule has 0 unspecified atom stereocenters. The first-order valence-corrected chi connectivity index (χ1v) is 12.5. The maximum atomic E-state index is 13.5. The number of hydrogen-bond acceptors (Lipinski definition) is 4. The van der Waals surface area contributed by atoms with Crippen molar-refractivity contribution in [2.75, 3.05) is 6.61 Å². The molecule has 0 aliphatic heterocycles. The summed E-state index contributed by atoms with van der Waals surface area (Å²) in [7, 11) is 0. The van der Waals surface area contributed by atoms with E-state index in [-0.39, 0.29) is 11.8 Å². The molecule has 1 atom stereocenters. The molecule has 6 nitrogen and oxygen atoms in total. The van der Waals surface area contributed by atoms with Gasteiger partial charge in [0.15, 0.2) is 0 Å². The van der Waals surface area contributed by atoms with Crippen LogP contribution in [0.1, 0.15) is 36.5 Å². The number of hydrogen-bond donors (Lipinski definition) is 2. The van der Waals surface area contributed by atoms with E-state index in [2.05, 4.69) is 38.4 Å². The third-order valence-electron chi connectivity index (χ3n) is 5.48. The maximum Gasteiger partial charge on any atom is 0.262 e. The van der Waals surface area contributed by atoms with Gasteiger partial charge in [0.1, 0.15) is 18.4 Å². The van der Waals surface area contributed by atoms with E-state index >= 15 is 0 Å². The Hall–Kier alpha value is -3.71. The molecule has 3 aromatic carbocycles. The van der Waals surface area contributed by atoms with Crippen molar-refractivity contribution in [3.05, 3.63) is 113 Å². The Kier molecular flexibility index (Phi) is 10.0. The van der Waals surface area contributed by atoms with Crippen molar-refractivity contribution in [1.29, 1.82) is 0 Å². The average molecular weight is 548 g/mol. The maximum absolute atomic E-state index is 13.5. The number of carbonyl (C=O) groups excluding carboxylic acids is 2. The Morgan fingerprint density at radius 1 is 0.972 bits per heavy atom. The van der Waals surface area contributed by atoms with Gasteiger partial charge in [-0.05, 0) is 35.2 Å². The minimum absolute atomic E-state index is 0.159. The van der Waals surface area contributed by atoms with E-state index in [1.807, 2.05) is 86.6 Å². The van der Waals surface area contributed by atoms with E-state index in [1.165, 1.54) is 6.21 Å². The fourth-order valence-electron chi connectivity index (χ4n) is 3.69. The topological polar surface area (TPSA) is 79.8 Å². The lowest BCUT2D eigenvalue weighted by atomic mass is 9.89. The standard InChI is InChI=1S/C29H30BrN3O3/c1-4-17-36-25-16-15-24(30)18-23(25)19-31-33-29(35)27(20(2)3)32-28(34)26(21-11-7-5-8-12-21)22-13-9-6-10-14-22/h4-16,18-20,26-27H,1,17H2,2-3H3,(H,32,34)(H,33,35)/b31-19-/t27-/m0/s1. The normalized spacial score (nSPS) is 11.9. The van der Waals surface area contributed by atoms with Crippen LogP contribution in [0.4, 0.5) is 0 Å². The van der Waals surface area contributed by atoms with Gasteiger partial charge in [0, 0.05) is 10.0 Å². The highest BCUT2D eigenvalue weighted by Crippen LogP contribution is 2.25. The minimum atomic E-state index is -0.774. The smallest absolute Gasteiger partial charge is 0.262 e. The Balaban J connectivity index is 1.76. The molecule has 7 heteroatoms. The van der Waals surface area contributed by atoms with Crippen LogP contribution in [0, 0.1) is 5.92 Å². The van der Waals surface area contributed by atoms with Gasteiger partial charge in [-0.2, -0.15) is 5.10 Å². The fraction of sp³-hybridized carbons (Fsp3) is 0.207. The summed E-state index contributed by atoms with van der Waals surface area (Å²) >= 11 is 3.43. The summed E-state index contributed by atoms with van der Waals surface area (Å²) in [6, 6.07) is 23.8. The third-order valence-corrected chi connectivity index (χ3v) is 5.98. The molecule has 36 heavy (non-hydrogen) atoms. The summed E-state index contributed by atoms with van der Waals surface area (Å²) < 4.78 is 6.50. The zero-order valence-electron chi connectivity index (χ0n) is 20.4. The Bertz CT molecular complexity index is 1160. The quantitative estimate of drug-likeness (QED) is 0.190. The number of ether oxygens (including phenoxy) is 1. The lowest BCUT2D eigenvalue weighted by Gasteiger charge is -2.24. The second-order valence-corrected chi connectivity index (χ2v) is 9.42. The summed E-state index contributed by atoms with van der Waals surface area (Å²) in [6.45, 7) is 7.76. The first-order chi connectivity index (χ1) is 17.4. The van der Waals surface area contributed by atoms with Gasteiger partial charge in [0.2, 0.25) is 5.91 Å². The molecule has 0 aliphatic carbocycles. The van der Waals surface area contributed by atoms with E-state index in [9.17, 15) is 9.59 Å². The molecular weight excluding hydrogens is 518 g/mol. The van der Waals surface area contributed by atoms with Crippen molar-refractivity contribution in [3.63, 3.8) is 0 Å². The van der Waals surface area contributed by atoms with Gasteiger partial charge in [0.25, 0.3) is 5.91 Å². The van der Waals surface area contributed by atoms with Gasteiger partial charge in [0.05, 0.1) is 12.1 Å². The second kappa shape index (κ2) is 13.4. The largest absolute Gasteiger partial charge is 0.489 e. The van der Waals surface area contributed by atoms with Crippen molar-refractivity contribution >= 4 is 34.0 Å². The molecule has 0 spiro atoms. The minimum Gasteiger partial charge on any atom is -0.489 e. The number of nitrogens with zero attached hydrogens (tertiary/aromatic N) is 1. The van der Waals surface area contributed by atoms with Crippen molar-refractivity contribution in [2.45, 2.75) is 25.8 Å². The van der Waals surface area contributed by atoms with Crippen LogP contribution in [0.15, 0.2) is 101 Å². The molecule has 3 aromatic rings. The molecule has 0 aliphatic rings. The average Bonchev–Trinajstić information content (AvgIpc) is 2.88. The fourth-order valence-corrected chi connectivity index (χ4v) is 4.07. The number of amides is 2. The third kappa shape index (κ3) is 7.39. The molecule has 0 heterocycles. The predicted molar refractivity (Wildman–Crippen MR) is 147 cm³/mol. The Morgan fingerprint density at radius 3 is 2.14 bits per heavy atom. The molecule has 0 bridgehead atoms. The first kappa shape index (κ1) is 26.9. The van der Waals surface area contributed by atoms with Crippen LogP contribution in [0.3, 0.4) is 0 Å². The number of nitrogens with one attached hydrogen (secondary N) is 2. The van der Waals surface area contributed by atoms with E-state index in [4.69, 9.17) is 4.74 Å².